The van der Waals surface area contributed by atoms with Crippen molar-refractivity contribution in [2.75, 3.05) is 11.4 Å². The van der Waals surface area contributed by atoms with E-state index in [1.165, 1.54) is 4.90 Å². The summed E-state index contributed by atoms with van der Waals surface area (Å²) < 4.78 is 0. The fourth-order valence-electron chi connectivity index (χ4n) is 3.74. The third-order valence-corrected chi connectivity index (χ3v) is 5.22. The second-order valence-corrected chi connectivity index (χ2v) is 7.02. The second-order valence-electron chi connectivity index (χ2n) is 7.02. The van der Waals surface area contributed by atoms with Gasteiger partial charge < -0.3 is 5.11 Å². The smallest absolute Gasteiger partial charge is 0.265 e. The Morgan fingerprint density at radius 1 is 0.931 bits per heavy atom. The van der Waals surface area contributed by atoms with Gasteiger partial charge in [0.05, 0.1) is 18.7 Å². The average Bonchev–Trinajstić information content (AvgIpc) is 2.97. The second kappa shape index (κ2) is 7.38. The molecule has 3 aromatic rings. The van der Waals surface area contributed by atoms with Gasteiger partial charge in [-0.05, 0) is 17.2 Å². The van der Waals surface area contributed by atoms with Gasteiger partial charge in [-0.15, -0.1) is 6.42 Å². The number of anilines is 1. The maximum Gasteiger partial charge on any atom is 0.265 e. The van der Waals surface area contributed by atoms with Gasteiger partial charge in [-0.2, -0.15) is 0 Å². The molecule has 1 aliphatic rings. The summed E-state index contributed by atoms with van der Waals surface area (Å²) in [5.41, 5.74) is 1.53. The summed E-state index contributed by atoms with van der Waals surface area (Å²) in [6.07, 6.45) is 5.04. The van der Waals surface area contributed by atoms with Gasteiger partial charge in [0.15, 0.2) is 11.4 Å². The number of amides is 1. The number of carbonyl (C=O) groups excluding carboxylic acids is 2. The number of nitrogens with zero attached hydrogens (tertiary/aromatic N) is 1. The van der Waals surface area contributed by atoms with Gasteiger partial charge in [0.1, 0.15) is 0 Å². The molecular formula is C25H19NO3. The third-order valence-electron chi connectivity index (χ3n) is 5.22. The topological polar surface area (TPSA) is 57.6 Å². The van der Waals surface area contributed by atoms with Crippen molar-refractivity contribution in [2.24, 2.45) is 0 Å². The minimum atomic E-state index is -1.91. The highest BCUT2D eigenvalue weighted by molar-refractivity contribution is 6.11. The first-order chi connectivity index (χ1) is 14.0. The lowest BCUT2D eigenvalue weighted by Crippen LogP contribution is -2.42. The molecular weight excluding hydrogens is 362 g/mol. The molecule has 0 aliphatic carbocycles. The van der Waals surface area contributed by atoms with E-state index in [0.717, 1.165) is 11.1 Å². The zero-order chi connectivity index (χ0) is 20.4. The number of para-hydroxylation sites is 1. The number of ketones is 1. The lowest BCUT2D eigenvalue weighted by Gasteiger charge is -2.22. The number of fused-ring (bicyclic) bond motifs is 1. The highest BCUT2D eigenvalue weighted by Gasteiger charge is 2.50. The van der Waals surface area contributed by atoms with Gasteiger partial charge in [0, 0.05) is 11.1 Å². The summed E-state index contributed by atoms with van der Waals surface area (Å²) in [5, 5.41) is 11.2. The van der Waals surface area contributed by atoms with Crippen LogP contribution in [0.15, 0.2) is 78.9 Å². The quantitative estimate of drug-likeness (QED) is 0.540. The first kappa shape index (κ1) is 18.7. The summed E-state index contributed by atoms with van der Waals surface area (Å²) in [5.74, 6) is 1.56. The molecule has 0 bridgehead atoms. The molecule has 1 atom stereocenters. The maximum absolute atomic E-state index is 12.9. The van der Waals surface area contributed by atoms with Crippen LogP contribution < -0.4 is 4.90 Å². The number of hydrogen-bond donors (Lipinski definition) is 1. The van der Waals surface area contributed by atoms with Crippen LogP contribution in [-0.4, -0.2) is 23.3 Å². The van der Waals surface area contributed by atoms with Gasteiger partial charge in [-0.3, -0.25) is 14.5 Å². The average molecular weight is 381 g/mol. The fourth-order valence-corrected chi connectivity index (χ4v) is 3.74. The van der Waals surface area contributed by atoms with E-state index in [-0.39, 0.29) is 18.7 Å². The van der Waals surface area contributed by atoms with Crippen molar-refractivity contribution >= 4 is 17.4 Å². The Morgan fingerprint density at radius 3 is 2.24 bits per heavy atom. The highest BCUT2D eigenvalue weighted by Crippen LogP contribution is 2.42. The van der Waals surface area contributed by atoms with Crippen LogP contribution in [0.2, 0.25) is 0 Å². The molecule has 4 nitrogen and oxygen atoms in total. The van der Waals surface area contributed by atoms with Crippen molar-refractivity contribution in [1.29, 1.82) is 0 Å². The van der Waals surface area contributed by atoms with Gasteiger partial charge in [0.2, 0.25) is 0 Å². The maximum atomic E-state index is 12.9. The van der Waals surface area contributed by atoms with Crippen molar-refractivity contribution in [3.63, 3.8) is 0 Å². The van der Waals surface area contributed by atoms with Crippen molar-refractivity contribution in [2.45, 2.75) is 12.0 Å². The Morgan fingerprint density at radius 2 is 1.55 bits per heavy atom. The first-order valence-corrected chi connectivity index (χ1v) is 9.30. The molecule has 0 spiro atoms. The highest BCUT2D eigenvalue weighted by atomic mass is 16.3. The lowest BCUT2D eigenvalue weighted by atomic mass is 9.88. The minimum absolute atomic E-state index is 0.0398. The van der Waals surface area contributed by atoms with E-state index in [9.17, 15) is 14.7 Å². The molecule has 1 N–H and O–H groups in total. The molecule has 1 aliphatic heterocycles. The molecule has 0 saturated heterocycles. The summed E-state index contributed by atoms with van der Waals surface area (Å²) in [6, 6.07) is 23.9. The number of benzene rings is 3. The zero-order valence-electron chi connectivity index (χ0n) is 15.7. The molecule has 0 aromatic heterocycles. The van der Waals surface area contributed by atoms with E-state index in [1.54, 1.807) is 36.4 Å². The molecule has 4 rings (SSSR count). The van der Waals surface area contributed by atoms with Crippen molar-refractivity contribution in [3.05, 3.63) is 90.0 Å². The van der Waals surface area contributed by atoms with Crippen LogP contribution in [0.4, 0.5) is 5.69 Å². The van der Waals surface area contributed by atoms with Crippen LogP contribution >= 0.6 is 0 Å². The van der Waals surface area contributed by atoms with Gasteiger partial charge in [-0.1, -0.05) is 78.7 Å². The minimum Gasteiger partial charge on any atom is -0.375 e. The Labute approximate surface area is 169 Å². The Hall–Kier alpha value is -3.68. The predicted octanol–water partition coefficient (Wildman–Crippen LogP) is 3.79. The van der Waals surface area contributed by atoms with E-state index >= 15 is 0 Å². The van der Waals surface area contributed by atoms with Crippen LogP contribution in [0.3, 0.4) is 0 Å². The summed E-state index contributed by atoms with van der Waals surface area (Å²) in [7, 11) is 0. The van der Waals surface area contributed by atoms with Crippen LogP contribution in [0.5, 0.6) is 0 Å². The SMILES string of the molecule is C#CCN1C(=O)[C@](O)(CC(=O)c2ccc(-c3ccccc3)cc2)c2ccccc21. The van der Waals surface area contributed by atoms with E-state index in [4.69, 9.17) is 6.42 Å². The summed E-state index contributed by atoms with van der Waals surface area (Å²) >= 11 is 0. The molecule has 142 valence electrons. The third kappa shape index (κ3) is 3.22. The fraction of sp³-hybridized carbons (Fsp3) is 0.120. The normalized spacial score (nSPS) is 17.7. The number of carbonyl (C=O) groups is 2. The molecule has 1 amide bonds. The lowest BCUT2D eigenvalue weighted by molar-refractivity contribution is -0.135. The number of rotatable bonds is 5. The van der Waals surface area contributed by atoms with Crippen LogP contribution in [0.25, 0.3) is 11.1 Å². The van der Waals surface area contributed by atoms with Crippen molar-refractivity contribution in [3.8, 4) is 23.5 Å². The zero-order valence-corrected chi connectivity index (χ0v) is 15.7. The van der Waals surface area contributed by atoms with Crippen molar-refractivity contribution < 1.29 is 14.7 Å². The number of hydrogen-bond acceptors (Lipinski definition) is 3. The number of terminal acetylenes is 1. The van der Waals surface area contributed by atoms with Gasteiger partial charge in [0.25, 0.3) is 5.91 Å². The molecule has 4 heteroatoms. The standard InChI is InChI=1S/C25H19NO3/c1-2-16-26-22-11-7-6-10-21(22)25(29,24(26)28)17-23(27)20-14-12-19(13-15-20)18-8-4-3-5-9-18/h1,3-15,29H,16-17H2/t25-/m0/s1. The predicted molar refractivity (Wildman–Crippen MR) is 112 cm³/mol. The van der Waals surface area contributed by atoms with Gasteiger partial charge >= 0.3 is 0 Å². The largest absolute Gasteiger partial charge is 0.375 e. The van der Waals surface area contributed by atoms with E-state index in [2.05, 4.69) is 5.92 Å². The molecule has 0 radical (unpaired) electrons. The Balaban J connectivity index is 1.61. The van der Waals surface area contributed by atoms with Gasteiger partial charge in [-0.25, -0.2) is 0 Å². The van der Waals surface area contributed by atoms with E-state index in [0.29, 0.717) is 16.8 Å². The van der Waals surface area contributed by atoms with Crippen LogP contribution in [0.1, 0.15) is 22.3 Å². The molecule has 3 aromatic carbocycles. The molecule has 0 fully saturated rings. The van der Waals surface area contributed by atoms with E-state index in [1.807, 2.05) is 42.5 Å². The van der Waals surface area contributed by atoms with Crippen molar-refractivity contribution in [1.82, 2.24) is 0 Å². The monoisotopic (exact) mass is 381 g/mol. The van der Waals surface area contributed by atoms with E-state index < -0.39 is 11.5 Å². The summed E-state index contributed by atoms with van der Waals surface area (Å²) in [4.78, 5) is 27.2. The first-order valence-electron chi connectivity index (χ1n) is 9.30. The van der Waals surface area contributed by atoms with Crippen LogP contribution in [-0.2, 0) is 10.4 Å². The molecule has 0 unspecified atom stereocenters. The number of Topliss-reactive ketones (excluding diaryl/α,β-unsaturated/α-hetero) is 1. The van der Waals surface area contributed by atoms with Crippen LogP contribution in [0, 0.1) is 12.3 Å². The molecule has 1 heterocycles. The molecule has 0 saturated carbocycles. The Bertz CT molecular complexity index is 1110. The number of aliphatic hydroxyl groups is 1. The Kier molecular flexibility index (Phi) is 4.75. The summed E-state index contributed by atoms with van der Waals surface area (Å²) in [6.45, 7) is 0.0398. The molecule has 29 heavy (non-hydrogen) atoms.